The van der Waals surface area contributed by atoms with Gasteiger partial charge in [0.25, 0.3) is 5.91 Å². The van der Waals surface area contributed by atoms with Gasteiger partial charge in [-0.2, -0.15) is 5.10 Å². The van der Waals surface area contributed by atoms with Gasteiger partial charge >= 0.3 is 0 Å². The van der Waals surface area contributed by atoms with Crippen molar-refractivity contribution in [2.24, 2.45) is 0 Å². The highest BCUT2D eigenvalue weighted by atomic mass is 19.1. The van der Waals surface area contributed by atoms with Gasteiger partial charge in [-0.15, -0.1) is 0 Å². The van der Waals surface area contributed by atoms with Gasteiger partial charge in [0.2, 0.25) is 0 Å². The Kier molecular flexibility index (Phi) is 3.77. The Hall–Kier alpha value is -2.83. The van der Waals surface area contributed by atoms with Crippen LogP contribution in [0.1, 0.15) is 35.9 Å². The van der Waals surface area contributed by atoms with Crippen LogP contribution in [0.2, 0.25) is 0 Å². The number of benzene rings is 1. The van der Waals surface area contributed by atoms with Crippen LogP contribution in [-0.4, -0.2) is 20.5 Å². The Balaban J connectivity index is 1.97. The molecular formula is C16H14F2N4O. The van der Waals surface area contributed by atoms with E-state index >= 15 is 0 Å². The summed E-state index contributed by atoms with van der Waals surface area (Å²) in [6, 6.07) is 6.13. The van der Waals surface area contributed by atoms with Crippen LogP contribution in [0.5, 0.6) is 0 Å². The summed E-state index contributed by atoms with van der Waals surface area (Å²) in [6.45, 7) is 3.94. The van der Waals surface area contributed by atoms with Gasteiger partial charge in [0, 0.05) is 23.5 Å². The molecule has 0 aliphatic rings. The lowest BCUT2D eigenvalue weighted by Gasteiger charge is -2.11. The van der Waals surface area contributed by atoms with Crippen LogP contribution in [0.4, 0.5) is 14.5 Å². The minimum absolute atomic E-state index is 0.0359. The van der Waals surface area contributed by atoms with Crippen LogP contribution >= 0.6 is 0 Å². The first-order valence-electron chi connectivity index (χ1n) is 7.06. The number of aromatic nitrogens is 3. The monoisotopic (exact) mass is 316 g/mol. The van der Waals surface area contributed by atoms with Crippen molar-refractivity contribution in [1.29, 1.82) is 0 Å². The first-order valence-corrected chi connectivity index (χ1v) is 7.06. The molecule has 0 fully saturated rings. The second-order valence-electron chi connectivity index (χ2n) is 5.43. The lowest BCUT2D eigenvalue weighted by atomic mass is 10.1. The fourth-order valence-electron chi connectivity index (χ4n) is 2.29. The average molecular weight is 316 g/mol. The normalized spacial score (nSPS) is 11.2. The fraction of sp³-hybridized carbons (Fsp3) is 0.188. The number of anilines is 1. The van der Waals surface area contributed by atoms with Crippen molar-refractivity contribution < 1.29 is 13.6 Å². The molecule has 0 spiro atoms. The van der Waals surface area contributed by atoms with Crippen LogP contribution in [0.25, 0.3) is 5.65 Å². The number of hydrogen-bond donors (Lipinski definition) is 1. The van der Waals surface area contributed by atoms with Crippen molar-refractivity contribution >= 4 is 17.2 Å². The Bertz CT molecular complexity index is 869. The number of hydrogen-bond acceptors (Lipinski definition) is 3. The van der Waals surface area contributed by atoms with Gasteiger partial charge in [-0.25, -0.2) is 18.3 Å². The lowest BCUT2D eigenvalue weighted by molar-refractivity contribution is 0.102. The van der Waals surface area contributed by atoms with Crippen molar-refractivity contribution in [1.82, 2.24) is 14.6 Å². The molecule has 1 N–H and O–H groups in total. The summed E-state index contributed by atoms with van der Waals surface area (Å²) in [5.74, 6) is -1.94. The molecule has 118 valence electrons. The van der Waals surface area contributed by atoms with E-state index in [9.17, 15) is 13.6 Å². The molecule has 5 nitrogen and oxygen atoms in total. The maximum atomic E-state index is 13.2. The van der Waals surface area contributed by atoms with E-state index in [-0.39, 0.29) is 17.3 Å². The zero-order chi connectivity index (χ0) is 16.6. The summed E-state index contributed by atoms with van der Waals surface area (Å²) in [5.41, 5.74) is 1.54. The van der Waals surface area contributed by atoms with Crippen LogP contribution in [0.15, 0.2) is 36.5 Å². The molecule has 0 saturated heterocycles. The molecule has 3 aromatic rings. The predicted molar refractivity (Wildman–Crippen MR) is 81.4 cm³/mol. The summed E-state index contributed by atoms with van der Waals surface area (Å²) < 4.78 is 28.1. The standard InChI is InChI=1S/C16H14F2N4O/c1-9(2)14-8-13(21-15-3-4-19-22(14)15)16(23)20-12-6-10(17)5-11(18)7-12/h3-9H,1-2H3,(H,20,23). The van der Waals surface area contributed by atoms with Gasteiger partial charge in [-0.1, -0.05) is 13.8 Å². The molecule has 0 atom stereocenters. The van der Waals surface area contributed by atoms with Crippen molar-refractivity contribution in [2.45, 2.75) is 19.8 Å². The molecular weight excluding hydrogens is 302 g/mol. The molecule has 7 heteroatoms. The van der Waals surface area contributed by atoms with Crippen molar-refractivity contribution in [2.75, 3.05) is 5.32 Å². The molecule has 2 heterocycles. The number of rotatable bonds is 3. The van der Waals surface area contributed by atoms with Crippen LogP contribution in [0.3, 0.4) is 0 Å². The zero-order valence-electron chi connectivity index (χ0n) is 12.5. The molecule has 3 rings (SSSR count). The third kappa shape index (κ3) is 3.03. The maximum Gasteiger partial charge on any atom is 0.274 e. The second kappa shape index (κ2) is 5.75. The summed E-state index contributed by atoms with van der Waals surface area (Å²) in [5, 5.41) is 6.62. The summed E-state index contributed by atoms with van der Waals surface area (Å²) in [7, 11) is 0. The molecule has 0 unspecified atom stereocenters. The summed E-state index contributed by atoms with van der Waals surface area (Å²) in [6.07, 6.45) is 1.60. The van der Waals surface area contributed by atoms with E-state index < -0.39 is 17.5 Å². The number of nitrogens with one attached hydrogen (secondary N) is 1. The predicted octanol–water partition coefficient (Wildman–Crippen LogP) is 3.38. The number of amides is 1. The topological polar surface area (TPSA) is 59.3 Å². The van der Waals surface area contributed by atoms with Gasteiger partial charge in [0.1, 0.15) is 17.3 Å². The molecule has 2 aromatic heterocycles. The smallest absolute Gasteiger partial charge is 0.274 e. The van der Waals surface area contributed by atoms with Crippen LogP contribution in [0, 0.1) is 11.6 Å². The first kappa shape index (κ1) is 15.1. The molecule has 0 saturated carbocycles. The minimum atomic E-state index is -0.762. The van der Waals surface area contributed by atoms with E-state index in [1.807, 2.05) is 13.8 Å². The van der Waals surface area contributed by atoms with E-state index in [2.05, 4.69) is 15.4 Å². The molecule has 0 aliphatic heterocycles. The van der Waals surface area contributed by atoms with Gasteiger partial charge < -0.3 is 5.32 Å². The van der Waals surface area contributed by atoms with Gasteiger partial charge in [0.15, 0.2) is 5.65 Å². The van der Waals surface area contributed by atoms with Gasteiger partial charge in [0.05, 0.1) is 6.20 Å². The van der Waals surface area contributed by atoms with E-state index in [1.165, 1.54) is 0 Å². The number of halogens is 2. The third-order valence-corrected chi connectivity index (χ3v) is 3.33. The fourth-order valence-corrected chi connectivity index (χ4v) is 2.29. The number of carbonyl (C=O) groups is 1. The molecule has 23 heavy (non-hydrogen) atoms. The largest absolute Gasteiger partial charge is 0.320 e. The summed E-state index contributed by atoms with van der Waals surface area (Å²) in [4.78, 5) is 16.5. The first-order chi connectivity index (χ1) is 10.9. The summed E-state index contributed by atoms with van der Waals surface area (Å²) >= 11 is 0. The molecule has 0 bridgehead atoms. The highest BCUT2D eigenvalue weighted by Crippen LogP contribution is 2.18. The van der Waals surface area contributed by atoms with Crippen LogP contribution < -0.4 is 5.32 Å². The molecule has 0 aliphatic carbocycles. The Morgan fingerprint density at radius 3 is 2.52 bits per heavy atom. The average Bonchev–Trinajstić information content (AvgIpc) is 2.92. The number of nitrogens with zero attached hydrogens (tertiary/aromatic N) is 3. The van der Waals surface area contributed by atoms with E-state index in [0.717, 1.165) is 23.9 Å². The molecule has 1 aromatic carbocycles. The Labute approximate surface area is 131 Å². The zero-order valence-corrected chi connectivity index (χ0v) is 12.5. The maximum absolute atomic E-state index is 13.2. The highest BCUT2D eigenvalue weighted by Gasteiger charge is 2.15. The number of carbonyl (C=O) groups excluding carboxylic acids is 1. The van der Waals surface area contributed by atoms with Gasteiger partial charge in [-0.3, -0.25) is 4.79 Å². The third-order valence-electron chi connectivity index (χ3n) is 3.33. The van der Waals surface area contributed by atoms with E-state index in [0.29, 0.717) is 5.65 Å². The quantitative estimate of drug-likeness (QED) is 0.806. The SMILES string of the molecule is CC(C)c1cc(C(=O)Nc2cc(F)cc(F)c2)nc2ccnn12. The molecule has 0 radical (unpaired) electrons. The van der Waals surface area contributed by atoms with Gasteiger partial charge in [-0.05, 0) is 24.1 Å². The van der Waals surface area contributed by atoms with Crippen molar-refractivity contribution in [3.63, 3.8) is 0 Å². The van der Waals surface area contributed by atoms with E-state index in [1.54, 1.807) is 22.8 Å². The Morgan fingerprint density at radius 2 is 1.87 bits per heavy atom. The second-order valence-corrected chi connectivity index (χ2v) is 5.43. The Morgan fingerprint density at radius 1 is 1.17 bits per heavy atom. The van der Waals surface area contributed by atoms with E-state index in [4.69, 9.17) is 0 Å². The number of fused-ring (bicyclic) bond motifs is 1. The van der Waals surface area contributed by atoms with Crippen LogP contribution in [-0.2, 0) is 0 Å². The van der Waals surface area contributed by atoms with Crippen molar-refractivity contribution in [3.8, 4) is 0 Å². The highest BCUT2D eigenvalue weighted by molar-refractivity contribution is 6.03. The lowest BCUT2D eigenvalue weighted by Crippen LogP contribution is -2.16. The molecule has 1 amide bonds. The minimum Gasteiger partial charge on any atom is -0.320 e. The van der Waals surface area contributed by atoms with Crippen molar-refractivity contribution in [3.05, 3.63) is 59.6 Å².